The molecule has 0 aliphatic carbocycles. The molecule has 210 valence electrons. The maximum absolute atomic E-state index is 13.3. The normalized spacial score (nSPS) is 13.0. The number of piperazine rings is 1. The molecule has 0 bridgehead atoms. The van der Waals surface area contributed by atoms with Gasteiger partial charge in [0.2, 0.25) is 5.95 Å². The van der Waals surface area contributed by atoms with E-state index in [4.69, 9.17) is 29.7 Å². The van der Waals surface area contributed by atoms with Crippen molar-refractivity contribution in [3.8, 4) is 23.0 Å². The number of methoxy groups -OCH3 is 3. The number of halogens is 1. The molecule has 1 aliphatic heterocycles. The quantitative estimate of drug-likeness (QED) is 0.336. The number of aromatic nitrogens is 2. The molecule has 4 aromatic rings. The van der Waals surface area contributed by atoms with Crippen LogP contribution < -0.4 is 29.6 Å². The zero-order valence-corrected chi connectivity index (χ0v) is 23.4. The Bertz CT molecular complexity index is 1480. The van der Waals surface area contributed by atoms with Crippen molar-refractivity contribution in [3.05, 3.63) is 71.8 Å². The predicted molar refractivity (Wildman–Crippen MR) is 156 cm³/mol. The number of amides is 1. The molecule has 2 heterocycles. The van der Waals surface area contributed by atoms with Crippen LogP contribution in [0.4, 0.5) is 11.8 Å². The first-order valence-corrected chi connectivity index (χ1v) is 12.6. The Kier molecular flexibility index (Phi) is 9.00. The Morgan fingerprint density at radius 3 is 2.15 bits per heavy atom. The number of ether oxygens (including phenoxy) is 4. The second kappa shape index (κ2) is 12.6. The second-order valence-electron chi connectivity index (χ2n) is 9.05. The summed E-state index contributed by atoms with van der Waals surface area (Å²) < 4.78 is 22.2. The molecule has 0 unspecified atom stereocenters. The van der Waals surface area contributed by atoms with E-state index >= 15 is 0 Å². The van der Waals surface area contributed by atoms with Gasteiger partial charge in [-0.1, -0.05) is 30.3 Å². The number of anilines is 2. The standard InChI is InChI=1S/C29H31N5O5.ClH/c1-36-24-15-20(9-10-23(24)39-18-19-7-5-4-6-8-19)28(35)33-11-13-34(14-12-33)29-31-22-17-26(38-3)25(37-2)16-21(22)27(30)32-29;/h4-10,15-17H,11-14,18H2,1-3H3,(H2,30,31,32);1H. The number of nitrogens with two attached hydrogens (primary N) is 1. The molecule has 1 amide bonds. The number of carbonyl (C=O) groups is 1. The number of nitrogens with zero attached hydrogens (tertiary/aromatic N) is 4. The molecule has 11 heteroatoms. The minimum absolute atomic E-state index is 0. The van der Waals surface area contributed by atoms with E-state index in [9.17, 15) is 4.79 Å². The van der Waals surface area contributed by atoms with Crippen LogP contribution in [-0.2, 0) is 6.61 Å². The molecule has 0 saturated carbocycles. The van der Waals surface area contributed by atoms with Crippen molar-refractivity contribution in [2.45, 2.75) is 6.61 Å². The lowest BCUT2D eigenvalue weighted by atomic mass is 10.1. The molecule has 0 radical (unpaired) electrons. The highest BCUT2D eigenvalue weighted by atomic mass is 35.5. The fraction of sp³-hybridized carbons (Fsp3) is 0.276. The number of hydrogen-bond donors (Lipinski definition) is 1. The summed E-state index contributed by atoms with van der Waals surface area (Å²) >= 11 is 0. The van der Waals surface area contributed by atoms with Crippen molar-refractivity contribution >= 4 is 41.0 Å². The van der Waals surface area contributed by atoms with Crippen LogP contribution in [0.25, 0.3) is 10.9 Å². The minimum atomic E-state index is -0.0710. The molecule has 0 spiro atoms. The van der Waals surface area contributed by atoms with Crippen LogP contribution >= 0.6 is 12.4 Å². The van der Waals surface area contributed by atoms with Crippen LogP contribution in [0.2, 0.25) is 0 Å². The van der Waals surface area contributed by atoms with Crippen LogP contribution in [-0.4, -0.2) is 68.3 Å². The lowest BCUT2D eigenvalue weighted by Crippen LogP contribution is -2.49. The van der Waals surface area contributed by atoms with E-state index in [1.165, 1.54) is 0 Å². The number of rotatable bonds is 8. The monoisotopic (exact) mass is 565 g/mol. The van der Waals surface area contributed by atoms with E-state index in [1.807, 2.05) is 40.1 Å². The average molecular weight is 566 g/mol. The van der Waals surface area contributed by atoms with Crippen molar-refractivity contribution in [1.29, 1.82) is 0 Å². The number of fused-ring (bicyclic) bond motifs is 1. The maximum atomic E-state index is 13.3. The molecule has 40 heavy (non-hydrogen) atoms. The Balaban J connectivity index is 0.00000370. The largest absolute Gasteiger partial charge is 0.493 e. The average Bonchev–Trinajstić information content (AvgIpc) is 2.99. The molecule has 5 rings (SSSR count). The Hall–Kier alpha value is -4.44. The summed E-state index contributed by atoms with van der Waals surface area (Å²) in [5, 5.41) is 0.690. The smallest absolute Gasteiger partial charge is 0.254 e. The fourth-order valence-corrected chi connectivity index (χ4v) is 4.56. The zero-order chi connectivity index (χ0) is 27.4. The first-order chi connectivity index (χ1) is 19.0. The lowest BCUT2D eigenvalue weighted by molar-refractivity contribution is 0.0745. The predicted octanol–water partition coefficient (Wildman–Crippen LogP) is 4.20. The van der Waals surface area contributed by atoms with Crippen molar-refractivity contribution in [1.82, 2.24) is 14.9 Å². The highest BCUT2D eigenvalue weighted by Gasteiger charge is 2.25. The van der Waals surface area contributed by atoms with Crippen LogP contribution in [0.15, 0.2) is 60.7 Å². The van der Waals surface area contributed by atoms with E-state index in [1.54, 1.807) is 51.7 Å². The first kappa shape index (κ1) is 28.6. The van der Waals surface area contributed by atoms with Crippen molar-refractivity contribution in [2.75, 3.05) is 58.1 Å². The fourth-order valence-electron chi connectivity index (χ4n) is 4.56. The Morgan fingerprint density at radius 1 is 0.825 bits per heavy atom. The highest BCUT2D eigenvalue weighted by molar-refractivity contribution is 5.95. The van der Waals surface area contributed by atoms with E-state index in [0.29, 0.717) is 84.0 Å². The van der Waals surface area contributed by atoms with Crippen molar-refractivity contribution < 1.29 is 23.7 Å². The van der Waals surface area contributed by atoms with Gasteiger partial charge in [0.15, 0.2) is 23.0 Å². The summed E-state index contributed by atoms with van der Waals surface area (Å²) in [7, 11) is 4.71. The molecule has 1 aliphatic rings. The zero-order valence-electron chi connectivity index (χ0n) is 22.6. The van der Waals surface area contributed by atoms with E-state index < -0.39 is 0 Å². The summed E-state index contributed by atoms with van der Waals surface area (Å²) in [6, 6.07) is 18.7. The summed E-state index contributed by atoms with van der Waals surface area (Å²) in [6.45, 7) is 2.58. The van der Waals surface area contributed by atoms with Crippen LogP contribution in [0, 0.1) is 0 Å². The van der Waals surface area contributed by atoms with Gasteiger partial charge in [-0.15, -0.1) is 12.4 Å². The van der Waals surface area contributed by atoms with Crippen LogP contribution in [0.3, 0.4) is 0 Å². The summed E-state index contributed by atoms with van der Waals surface area (Å²) in [6.07, 6.45) is 0. The number of nitrogen functional groups attached to an aromatic ring is 1. The molecule has 1 saturated heterocycles. The van der Waals surface area contributed by atoms with Crippen LogP contribution in [0.1, 0.15) is 15.9 Å². The SMILES string of the molecule is COc1cc2nc(N3CCN(C(=O)c4ccc(OCc5ccccc5)c(OC)c4)CC3)nc(N)c2cc1OC.Cl. The highest BCUT2D eigenvalue weighted by Crippen LogP contribution is 2.34. The maximum Gasteiger partial charge on any atom is 0.254 e. The summed E-state index contributed by atoms with van der Waals surface area (Å²) in [5.41, 5.74) is 8.52. The van der Waals surface area contributed by atoms with Gasteiger partial charge in [-0.25, -0.2) is 4.98 Å². The molecule has 2 N–H and O–H groups in total. The third-order valence-corrected chi connectivity index (χ3v) is 6.72. The van der Waals surface area contributed by atoms with E-state index in [2.05, 4.69) is 4.98 Å². The van der Waals surface area contributed by atoms with E-state index in [0.717, 1.165) is 5.56 Å². The molecule has 3 aromatic carbocycles. The topological polar surface area (TPSA) is 112 Å². The summed E-state index contributed by atoms with van der Waals surface area (Å²) in [5.74, 6) is 3.03. The van der Waals surface area contributed by atoms with Gasteiger partial charge in [-0.3, -0.25) is 4.79 Å². The molecular formula is C29H32ClN5O5. The number of hydrogen-bond acceptors (Lipinski definition) is 9. The first-order valence-electron chi connectivity index (χ1n) is 12.6. The van der Waals surface area contributed by atoms with Gasteiger partial charge in [-0.2, -0.15) is 4.98 Å². The summed E-state index contributed by atoms with van der Waals surface area (Å²) in [4.78, 5) is 26.4. The van der Waals surface area contributed by atoms with Crippen LogP contribution in [0.5, 0.6) is 23.0 Å². The van der Waals surface area contributed by atoms with Gasteiger partial charge < -0.3 is 34.5 Å². The molecular weight excluding hydrogens is 534 g/mol. The molecule has 0 atom stereocenters. The minimum Gasteiger partial charge on any atom is -0.493 e. The Morgan fingerprint density at radius 2 is 1.48 bits per heavy atom. The molecule has 1 fully saturated rings. The molecule has 10 nitrogen and oxygen atoms in total. The van der Waals surface area contributed by atoms with Gasteiger partial charge in [0.25, 0.3) is 5.91 Å². The van der Waals surface area contributed by atoms with Gasteiger partial charge in [0.05, 0.1) is 26.8 Å². The number of benzene rings is 3. The van der Waals surface area contributed by atoms with Gasteiger partial charge in [0.1, 0.15) is 12.4 Å². The Labute approximate surface area is 239 Å². The van der Waals surface area contributed by atoms with Crippen molar-refractivity contribution in [3.63, 3.8) is 0 Å². The van der Waals surface area contributed by atoms with Gasteiger partial charge in [-0.05, 0) is 29.8 Å². The third kappa shape index (κ3) is 5.91. The third-order valence-electron chi connectivity index (χ3n) is 6.72. The number of carbonyl (C=O) groups excluding carboxylic acids is 1. The lowest BCUT2D eigenvalue weighted by Gasteiger charge is -2.35. The van der Waals surface area contributed by atoms with Gasteiger partial charge in [0, 0.05) is 43.2 Å². The molecule has 1 aromatic heterocycles. The van der Waals surface area contributed by atoms with E-state index in [-0.39, 0.29) is 18.3 Å². The van der Waals surface area contributed by atoms with Crippen molar-refractivity contribution in [2.24, 2.45) is 0 Å². The second-order valence-corrected chi connectivity index (χ2v) is 9.05. The van der Waals surface area contributed by atoms with Gasteiger partial charge >= 0.3 is 0 Å².